The molecule has 0 aliphatic carbocycles. The SMILES string of the molecule is CCNC(=NCCc1ncc(CC)s1)NCCc1coc(-c2ccc(F)cc2)n1.I. The highest BCUT2D eigenvalue weighted by Crippen LogP contribution is 2.19. The van der Waals surface area contributed by atoms with Crippen LogP contribution in [-0.4, -0.2) is 35.6 Å². The summed E-state index contributed by atoms with van der Waals surface area (Å²) in [6.07, 6.45) is 6.15. The molecule has 3 rings (SSSR count). The van der Waals surface area contributed by atoms with Crippen LogP contribution >= 0.6 is 35.3 Å². The summed E-state index contributed by atoms with van der Waals surface area (Å²) in [6.45, 7) is 6.34. The Balaban J connectivity index is 0.00000320. The van der Waals surface area contributed by atoms with Crippen LogP contribution in [0, 0.1) is 5.82 Å². The van der Waals surface area contributed by atoms with E-state index in [1.165, 1.54) is 17.0 Å². The largest absolute Gasteiger partial charge is 0.444 e. The molecule has 0 aliphatic heterocycles. The fourth-order valence-electron chi connectivity index (χ4n) is 2.69. The summed E-state index contributed by atoms with van der Waals surface area (Å²) in [5, 5.41) is 7.69. The lowest BCUT2D eigenvalue weighted by atomic mass is 10.2. The Bertz CT molecular complexity index is 926. The maximum atomic E-state index is 13.0. The molecule has 6 nitrogen and oxygen atoms in total. The topological polar surface area (TPSA) is 75.3 Å². The van der Waals surface area contributed by atoms with E-state index in [2.05, 4.69) is 32.5 Å². The Morgan fingerprint density at radius 3 is 2.67 bits per heavy atom. The van der Waals surface area contributed by atoms with Crippen molar-refractivity contribution in [3.8, 4) is 11.5 Å². The second-order valence-electron chi connectivity index (χ2n) is 6.41. The first-order valence-electron chi connectivity index (χ1n) is 9.84. The third kappa shape index (κ3) is 7.35. The Hall–Kier alpha value is -2.01. The van der Waals surface area contributed by atoms with Gasteiger partial charge < -0.3 is 15.1 Å². The number of oxazole rings is 1. The van der Waals surface area contributed by atoms with Crippen molar-refractivity contribution in [1.29, 1.82) is 0 Å². The zero-order valence-corrected chi connectivity index (χ0v) is 20.3. The normalized spacial score (nSPS) is 11.2. The van der Waals surface area contributed by atoms with E-state index in [9.17, 15) is 4.39 Å². The monoisotopic (exact) mass is 543 g/mol. The van der Waals surface area contributed by atoms with Crippen LogP contribution in [0.2, 0.25) is 0 Å². The highest BCUT2D eigenvalue weighted by atomic mass is 127. The summed E-state index contributed by atoms with van der Waals surface area (Å²) in [6, 6.07) is 6.11. The van der Waals surface area contributed by atoms with Crippen LogP contribution in [0.25, 0.3) is 11.5 Å². The number of rotatable bonds is 9. The van der Waals surface area contributed by atoms with Gasteiger partial charge in [-0.3, -0.25) is 4.99 Å². The van der Waals surface area contributed by atoms with Crippen LogP contribution in [0.5, 0.6) is 0 Å². The Kier molecular flexibility index (Phi) is 10.2. The summed E-state index contributed by atoms with van der Waals surface area (Å²) < 4.78 is 18.5. The van der Waals surface area contributed by atoms with Crippen molar-refractivity contribution in [2.45, 2.75) is 33.1 Å². The zero-order valence-electron chi connectivity index (χ0n) is 17.2. The molecule has 0 saturated carbocycles. The average Bonchev–Trinajstić information content (AvgIpc) is 3.38. The summed E-state index contributed by atoms with van der Waals surface area (Å²) >= 11 is 1.75. The van der Waals surface area contributed by atoms with Crippen LogP contribution < -0.4 is 10.6 Å². The van der Waals surface area contributed by atoms with Crippen molar-refractivity contribution in [1.82, 2.24) is 20.6 Å². The van der Waals surface area contributed by atoms with Gasteiger partial charge in [0.05, 0.1) is 10.7 Å². The molecule has 2 aromatic heterocycles. The van der Waals surface area contributed by atoms with E-state index in [1.54, 1.807) is 29.7 Å². The molecular formula is C21H27FIN5OS. The number of aromatic nitrogens is 2. The zero-order chi connectivity index (χ0) is 20.5. The fourth-order valence-corrected chi connectivity index (χ4v) is 3.54. The summed E-state index contributed by atoms with van der Waals surface area (Å²) in [5.41, 5.74) is 1.59. The van der Waals surface area contributed by atoms with Crippen LogP contribution in [0.4, 0.5) is 4.39 Å². The number of benzene rings is 1. The second-order valence-corrected chi connectivity index (χ2v) is 7.61. The molecule has 0 amide bonds. The van der Waals surface area contributed by atoms with Gasteiger partial charge in [-0.15, -0.1) is 35.3 Å². The lowest BCUT2D eigenvalue weighted by Crippen LogP contribution is -2.38. The maximum Gasteiger partial charge on any atom is 0.226 e. The molecule has 0 aliphatic rings. The molecule has 9 heteroatoms. The van der Waals surface area contributed by atoms with Gasteiger partial charge in [0.2, 0.25) is 5.89 Å². The van der Waals surface area contributed by atoms with Gasteiger partial charge in [0.1, 0.15) is 12.1 Å². The number of aliphatic imine (C=N–C) groups is 1. The van der Waals surface area contributed by atoms with E-state index in [-0.39, 0.29) is 29.8 Å². The first kappa shape index (κ1) is 24.3. The van der Waals surface area contributed by atoms with E-state index in [1.807, 2.05) is 13.1 Å². The molecule has 30 heavy (non-hydrogen) atoms. The second kappa shape index (κ2) is 12.6. The van der Waals surface area contributed by atoms with E-state index < -0.39 is 0 Å². The first-order chi connectivity index (χ1) is 14.2. The number of thiazole rings is 1. The summed E-state index contributed by atoms with van der Waals surface area (Å²) in [5.74, 6) is 0.998. The van der Waals surface area contributed by atoms with E-state index in [4.69, 9.17) is 4.42 Å². The van der Waals surface area contributed by atoms with Crippen molar-refractivity contribution in [3.63, 3.8) is 0 Å². The highest BCUT2D eigenvalue weighted by Gasteiger charge is 2.07. The predicted molar refractivity (Wildman–Crippen MR) is 130 cm³/mol. The third-order valence-electron chi connectivity index (χ3n) is 4.21. The van der Waals surface area contributed by atoms with Crippen molar-refractivity contribution < 1.29 is 8.81 Å². The minimum absolute atomic E-state index is 0. The molecule has 0 radical (unpaired) electrons. The maximum absolute atomic E-state index is 13.0. The Morgan fingerprint density at radius 1 is 1.17 bits per heavy atom. The van der Waals surface area contributed by atoms with Gasteiger partial charge in [-0.05, 0) is 37.6 Å². The molecule has 3 aromatic rings. The minimum atomic E-state index is -0.277. The number of aryl methyl sites for hydroxylation is 1. The molecule has 0 spiro atoms. The number of halogens is 2. The first-order valence-corrected chi connectivity index (χ1v) is 10.7. The average molecular weight is 543 g/mol. The van der Waals surface area contributed by atoms with Crippen LogP contribution in [0.3, 0.4) is 0 Å². The molecule has 2 N–H and O–H groups in total. The van der Waals surface area contributed by atoms with Crippen molar-refractivity contribution in [2.75, 3.05) is 19.6 Å². The molecule has 162 valence electrons. The molecule has 0 bridgehead atoms. The number of nitrogens with zero attached hydrogens (tertiary/aromatic N) is 3. The van der Waals surface area contributed by atoms with E-state index in [0.29, 0.717) is 25.4 Å². The van der Waals surface area contributed by atoms with Crippen LogP contribution in [0.15, 0.2) is 46.1 Å². The van der Waals surface area contributed by atoms with Gasteiger partial charge >= 0.3 is 0 Å². The smallest absolute Gasteiger partial charge is 0.226 e. The van der Waals surface area contributed by atoms with Gasteiger partial charge in [0.15, 0.2) is 5.96 Å². The number of nitrogens with one attached hydrogen (secondary N) is 2. The minimum Gasteiger partial charge on any atom is -0.444 e. The molecule has 2 heterocycles. The molecule has 0 saturated heterocycles. The van der Waals surface area contributed by atoms with Gasteiger partial charge in [-0.2, -0.15) is 0 Å². The number of hydrogen-bond acceptors (Lipinski definition) is 5. The van der Waals surface area contributed by atoms with E-state index in [0.717, 1.165) is 41.6 Å². The quantitative estimate of drug-likeness (QED) is 0.237. The molecule has 1 aromatic carbocycles. The predicted octanol–water partition coefficient (Wildman–Crippen LogP) is 4.46. The van der Waals surface area contributed by atoms with Crippen molar-refractivity contribution in [3.05, 3.63) is 58.1 Å². The van der Waals surface area contributed by atoms with Gasteiger partial charge in [-0.25, -0.2) is 14.4 Å². The Morgan fingerprint density at radius 2 is 1.97 bits per heavy atom. The van der Waals surface area contributed by atoms with Gasteiger partial charge in [0.25, 0.3) is 0 Å². The number of hydrogen-bond donors (Lipinski definition) is 2. The van der Waals surface area contributed by atoms with Crippen LogP contribution in [-0.2, 0) is 19.3 Å². The Labute approximate surface area is 197 Å². The van der Waals surface area contributed by atoms with E-state index >= 15 is 0 Å². The van der Waals surface area contributed by atoms with Gasteiger partial charge in [-0.1, -0.05) is 6.92 Å². The summed E-state index contributed by atoms with van der Waals surface area (Å²) in [4.78, 5) is 14.8. The molecule has 0 unspecified atom stereocenters. The highest BCUT2D eigenvalue weighted by molar-refractivity contribution is 14.0. The third-order valence-corrected chi connectivity index (χ3v) is 5.41. The lowest BCUT2D eigenvalue weighted by molar-refractivity contribution is 0.571. The molecular weight excluding hydrogens is 516 g/mol. The number of guanidine groups is 1. The van der Waals surface area contributed by atoms with Gasteiger partial charge in [0, 0.05) is 49.1 Å². The fraction of sp³-hybridized carbons (Fsp3) is 0.381. The lowest BCUT2D eigenvalue weighted by Gasteiger charge is -2.10. The van der Waals surface area contributed by atoms with Crippen molar-refractivity contribution in [2.24, 2.45) is 4.99 Å². The molecule has 0 atom stereocenters. The summed E-state index contributed by atoms with van der Waals surface area (Å²) in [7, 11) is 0. The molecule has 0 fully saturated rings. The van der Waals surface area contributed by atoms with Crippen molar-refractivity contribution >= 4 is 41.3 Å². The standard InChI is InChI=1S/C21H26FN5OS.HI/c1-3-18-13-26-19(29-18)10-12-25-21(23-4-2)24-11-9-17-14-28-20(27-17)15-5-7-16(22)8-6-15;/h5-8,13-14H,3-4,9-12H2,1-2H3,(H2,23,24,25);1H. The van der Waals surface area contributed by atoms with Crippen LogP contribution in [0.1, 0.15) is 29.4 Å².